The molecule has 0 aliphatic heterocycles. The van der Waals surface area contributed by atoms with E-state index in [4.69, 9.17) is 4.42 Å². The fourth-order valence-corrected chi connectivity index (χ4v) is 3.89. The minimum atomic E-state index is -3.89. The van der Waals surface area contributed by atoms with Crippen molar-refractivity contribution in [2.45, 2.75) is 17.7 Å². The van der Waals surface area contributed by atoms with E-state index in [-0.39, 0.29) is 46.8 Å². The first-order valence-corrected chi connectivity index (χ1v) is 11.4. The lowest BCUT2D eigenvalue weighted by Gasteiger charge is -2.08. The van der Waals surface area contributed by atoms with E-state index in [1.54, 1.807) is 6.07 Å². The Hall–Kier alpha value is -4.19. The normalized spacial score (nSPS) is 11.2. The van der Waals surface area contributed by atoms with Gasteiger partial charge in [0.2, 0.25) is 11.9 Å². The van der Waals surface area contributed by atoms with E-state index < -0.39 is 21.7 Å². The fourth-order valence-electron chi connectivity index (χ4n) is 2.93. The number of carbonyl (C=O) groups is 1. The van der Waals surface area contributed by atoms with Gasteiger partial charge >= 0.3 is 0 Å². The largest absolute Gasteiger partial charge is 0.441 e. The maximum absolute atomic E-state index is 13.9. The van der Waals surface area contributed by atoms with Gasteiger partial charge in [-0.25, -0.2) is 36.9 Å². The highest BCUT2D eigenvalue weighted by Crippen LogP contribution is 2.24. The summed E-state index contributed by atoms with van der Waals surface area (Å²) < 4.78 is 59.4. The number of sulfonamides is 1. The molecule has 0 radical (unpaired) electrons. The SMILES string of the molecule is O=C(CCc1ncc(-c2ccc(F)cc2F)o1)Nc1ccc(S(=O)(=O)Nc2ncccn2)cc1. The van der Waals surface area contributed by atoms with Crippen LogP contribution in [0.4, 0.5) is 20.4 Å². The third kappa shape index (κ3) is 5.59. The maximum Gasteiger partial charge on any atom is 0.264 e. The number of benzene rings is 2. The molecule has 1 amide bonds. The number of nitrogens with one attached hydrogen (secondary N) is 2. The number of aryl methyl sites for hydroxylation is 1. The summed E-state index contributed by atoms with van der Waals surface area (Å²) in [4.78, 5) is 23.9. The first kappa shape index (κ1) is 23.0. The first-order valence-electron chi connectivity index (χ1n) is 9.90. The van der Waals surface area contributed by atoms with Crippen LogP contribution in [0.5, 0.6) is 0 Å². The van der Waals surface area contributed by atoms with Gasteiger partial charge in [-0.3, -0.25) is 4.79 Å². The van der Waals surface area contributed by atoms with E-state index in [1.807, 2.05) is 0 Å². The van der Waals surface area contributed by atoms with Crippen LogP contribution in [0.1, 0.15) is 12.3 Å². The average Bonchev–Trinajstić information content (AvgIpc) is 3.27. The molecule has 0 aliphatic rings. The molecule has 2 heterocycles. The molecule has 174 valence electrons. The van der Waals surface area contributed by atoms with Gasteiger partial charge in [-0.05, 0) is 42.5 Å². The highest BCUT2D eigenvalue weighted by molar-refractivity contribution is 7.92. The molecule has 0 unspecified atom stereocenters. The lowest BCUT2D eigenvalue weighted by atomic mass is 10.2. The van der Waals surface area contributed by atoms with Crippen LogP contribution < -0.4 is 10.0 Å². The van der Waals surface area contributed by atoms with E-state index >= 15 is 0 Å². The van der Waals surface area contributed by atoms with E-state index in [1.165, 1.54) is 48.9 Å². The minimum Gasteiger partial charge on any atom is -0.441 e. The number of carbonyl (C=O) groups excluding carboxylic acids is 1. The molecule has 2 N–H and O–H groups in total. The summed E-state index contributed by atoms with van der Waals surface area (Å²) in [6, 6.07) is 10.2. The standard InChI is InChI=1S/C22H17F2N5O4S/c23-14-2-7-17(18(24)12-14)19-13-27-21(33-19)9-8-20(30)28-15-3-5-16(6-4-15)34(31,32)29-22-25-10-1-11-26-22/h1-7,10-13H,8-9H2,(H,28,30)(H,25,26,29). The van der Waals surface area contributed by atoms with Crippen LogP contribution >= 0.6 is 0 Å². The molecule has 0 atom stereocenters. The van der Waals surface area contributed by atoms with E-state index in [2.05, 4.69) is 25.0 Å². The molecule has 0 aliphatic carbocycles. The second kappa shape index (κ2) is 9.75. The van der Waals surface area contributed by atoms with E-state index in [9.17, 15) is 22.0 Å². The smallest absolute Gasteiger partial charge is 0.264 e. The number of rotatable bonds is 8. The molecule has 2 aromatic heterocycles. The second-order valence-electron chi connectivity index (χ2n) is 6.99. The molecule has 4 rings (SSSR count). The third-order valence-electron chi connectivity index (χ3n) is 4.56. The van der Waals surface area contributed by atoms with Crippen molar-refractivity contribution in [2.24, 2.45) is 0 Å². The number of oxazole rings is 1. The molecule has 0 bridgehead atoms. The molecule has 9 nitrogen and oxygen atoms in total. The lowest BCUT2D eigenvalue weighted by Crippen LogP contribution is -2.15. The van der Waals surface area contributed by atoms with E-state index in [0.29, 0.717) is 5.69 Å². The van der Waals surface area contributed by atoms with Crippen molar-refractivity contribution in [3.8, 4) is 11.3 Å². The predicted octanol–water partition coefficient (Wildman–Crippen LogP) is 3.78. The number of aromatic nitrogens is 3. The molecule has 4 aromatic rings. The van der Waals surface area contributed by atoms with Crippen LogP contribution in [0.2, 0.25) is 0 Å². The van der Waals surface area contributed by atoms with E-state index in [0.717, 1.165) is 12.1 Å². The molecule has 2 aromatic carbocycles. The van der Waals surface area contributed by atoms with Crippen LogP contribution in [-0.4, -0.2) is 29.3 Å². The Bertz CT molecular complexity index is 1410. The Labute approximate surface area is 193 Å². The Kier molecular flexibility index (Phi) is 6.59. The van der Waals surface area contributed by atoms with Crippen LogP contribution in [0.15, 0.2) is 76.4 Å². The van der Waals surface area contributed by atoms with Crippen LogP contribution in [0.3, 0.4) is 0 Å². The highest BCUT2D eigenvalue weighted by Gasteiger charge is 2.16. The Morgan fingerprint density at radius 3 is 2.44 bits per heavy atom. The van der Waals surface area contributed by atoms with Crippen molar-refractivity contribution in [1.29, 1.82) is 0 Å². The number of hydrogen-bond acceptors (Lipinski definition) is 7. The zero-order chi connectivity index (χ0) is 24.1. The zero-order valence-corrected chi connectivity index (χ0v) is 18.2. The number of anilines is 2. The number of hydrogen-bond donors (Lipinski definition) is 2. The van der Waals surface area contributed by atoms with Gasteiger partial charge in [0.05, 0.1) is 16.7 Å². The quantitative estimate of drug-likeness (QED) is 0.389. The molecule has 0 fully saturated rings. The van der Waals surface area contributed by atoms with Gasteiger partial charge in [0, 0.05) is 37.0 Å². The third-order valence-corrected chi connectivity index (χ3v) is 5.90. The number of amides is 1. The summed E-state index contributed by atoms with van der Waals surface area (Å²) in [5.41, 5.74) is 0.453. The second-order valence-corrected chi connectivity index (χ2v) is 8.68. The van der Waals surface area contributed by atoms with Crippen molar-refractivity contribution in [3.05, 3.63) is 84.6 Å². The van der Waals surface area contributed by atoms with Crippen molar-refractivity contribution in [3.63, 3.8) is 0 Å². The average molecular weight is 485 g/mol. The first-order chi connectivity index (χ1) is 16.3. The van der Waals surface area contributed by atoms with Gasteiger partial charge in [-0.15, -0.1) is 0 Å². The number of nitrogens with zero attached hydrogens (tertiary/aromatic N) is 3. The summed E-state index contributed by atoms with van der Waals surface area (Å²) in [6.07, 6.45) is 4.27. The monoisotopic (exact) mass is 485 g/mol. The molecular weight excluding hydrogens is 468 g/mol. The Balaban J connectivity index is 1.33. The van der Waals surface area contributed by atoms with Crippen molar-refractivity contribution >= 4 is 27.6 Å². The highest BCUT2D eigenvalue weighted by atomic mass is 32.2. The molecule has 0 spiro atoms. The summed E-state index contributed by atoms with van der Waals surface area (Å²) >= 11 is 0. The summed E-state index contributed by atoms with van der Waals surface area (Å²) in [5.74, 6) is -1.57. The van der Waals surface area contributed by atoms with Crippen molar-refractivity contribution in [2.75, 3.05) is 10.0 Å². The van der Waals surface area contributed by atoms with Gasteiger partial charge in [-0.2, -0.15) is 0 Å². The molecule has 0 saturated heterocycles. The number of halogens is 2. The van der Waals surface area contributed by atoms with Gasteiger partial charge in [-0.1, -0.05) is 0 Å². The molecule has 0 saturated carbocycles. The van der Waals surface area contributed by atoms with Gasteiger partial charge in [0.15, 0.2) is 11.7 Å². The lowest BCUT2D eigenvalue weighted by molar-refractivity contribution is -0.116. The van der Waals surface area contributed by atoms with Gasteiger partial charge in [0.1, 0.15) is 11.6 Å². The Morgan fingerprint density at radius 2 is 1.74 bits per heavy atom. The fraction of sp³-hybridized carbons (Fsp3) is 0.0909. The van der Waals surface area contributed by atoms with Crippen molar-refractivity contribution < 1.29 is 26.4 Å². The maximum atomic E-state index is 13.9. The van der Waals surface area contributed by atoms with Gasteiger partial charge in [0.25, 0.3) is 10.0 Å². The van der Waals surface area contributed by atoms with Crippen LogP contribution in [-0.2, 0) is 21.2 Å². The van der Waals surface area contributed by atoms with Crippen LogP contribution in [0.25, 0.3) is 11.3 Å². The molecule has 12 heteroatoms. The van der Waals surface area contributed by atoms with Crippen LogP contribution in [0, 0.1) is 11.6 Å². The zero-order valence-electron chi connectivity index (χ0n) is 17.4. The van der Waals surface area contributed by atoms with Crippen molar-refractivity contribution in [1.82, 2.24) is 15.0 Å². The summed E-state index contributed by atoms with van der Waals surface area (Å²) in [5, 5.41) is 2.64. The molecular formula is C22H17F2N5O4S. The predicted molar refractivity (Wildman–Crippen MR) is 118 cm³/mol. The molecule has 34 heavy (non-hydrogen) atoms. The topological polar surface area (TPSA) is 127 Å². The minimum absolute atomic E-state index is 0.0127. The van der Waals surface area contributed by atoms with Gasteiger partial charge < -0.3 is 9.73 Å². The summed E-state index contributed by atoms with van der Waals surface area (Å²) in [7, 11) is -3.89. The Morgan fingerprint density at radius 1 is 1.00 bits per heavy atom. The summed E-state index contributed by atoms with van der Waals surface area (Å²) in [6.45, 7) is 0.